The van der Waals surface area contributed by atoms with Crippen molar-refractivity contribution in [3.05, 3.63) is 0 Å². The van der Waals surface area contributed by atoms with Gasteiger partial charge in [0.2, 0.25) is 0 Å². The number of carbonyl (C=O) groups is 1. The molecule has 1 N–H and O–H groups in total. The molecule has 1 saturated carbocycles. The van der Waals surface area contributed by atoms with Crippen molar-refractivity contribution in [1.82, 2.24) is 0 Å². The van der Waals surface area contributed by atoms with Crippen molar-refractivity contribution in [1.29, 1.82) is 0 Å². The Bertz CT molecular complexity index is 159. The van der Waals surface area contributed by atoms with Gasteiger partial charge in [0.15, 0.2) is 0 Å². The molecule has 0 radical (unpaired) electrons. The maximum atomic E-state index is 10.8. The zero-order valence-corrected chi connectivity index (χ0v) is 6.96. The van der Waals surface area contributed by atoms with Gasteiger partial charge in [-0.1, -0.05) is 0 Å². The first kappa shape index (κ1) is 8.53. The SMILES string of the molecule is COC(=O)CC(C)(O)C1CC1. The molecule has 11 heavy (non-hydrogen) atoms. The van der Waals surface area contributed by atoms with Crippen LogP contribution in [0, 0.1) is 5.92 Å². The molecule has 0 aliphatic heterocycles. The highest BCUT2D eigenvalue weighted by atomic mass is 16.5. The van der Waals surface area contributed by atoms with Gasteiger partial charge < -0.3 is 9.84 Å². The minimum absolute atomic E-state index is 0.119. The third-order valence-corrected chi connectivity index (χ3v) is 2.19. The third-order valence-electron chi connectivity index (χ3n) is 2.19. The normalized spacial score (nSPS) is 22.5. The number of rotatable bonds is 3. The summed E-state index contributed by atoms with van der Waals surface area (Å²) < 4.78 is 4.47. The van der Waals surface area contributed by atoms with Crippen LogP contribution in [0.3, 0.4) is 0 Å². The molecule has 64 valence electrons. The van der Waals surface area contributed by atoms with Gasteiger partial charge in [-0.05, 0) is 25.7 Å². The van der Waals surface area contributed by atoms with Gasteiger partial charge in [-0.2, -0.15) is 0 Å². The minimum atomic E-state index is -0.840. The molecule has 3 heteroatoms. The van der Waals surface area contributed by atoms with E-state index in [1.165, 1.54) is 7.11 Å². The fraction of sp³-hybridized carbons (Fsp3) is 0.875. The molecule has 0 aromatic heterocycles. The minimum Gasteiger partial charge on any atom is -0.469 e. The van der Waals surface area contributed by atoms with Crippen molar-refractivity contribution >= 4 is 5.97 Å². The van der Waals surface area contributed by atoms with Crippen LogP contribution >= 0.6 is 0 Å². The lowest BCUT2D eigenvalue weighted by molar-refractivity contribution is -0.146. The third kappa shape index (κ3) is 2.19. The largest absolute Gasteiger partial charge is 0.469 e. The maximum Gasteiger partial charge on any atom is 0.308 e. The Hall–Kier alpha value is -0.570. The van der Waals surface area contributed by atoms with Crippen molar-refractivity contribution in [2.45, 2.75) is 31.8 Å². The van der Waals surface area contributed by atoms with Crippen LogP contribution in [0.25, 0.3) is 0 Å². The summed E-state index contributed by atoms with van der Waals surface area (Å²) in [5.74, 6) is -0.0245. The highest BCUT2D eigenvalue weighted by Gasteiger charge is 2.41. The van der Waals surface area contributed by atoms with Gasteiger partial charge in [0.25, 0.3) is 0 Å². The first-order valence-electron chi connectivity index (χ1n) is 3.85. The maximum absolute atomic E-state index is 10.8. The standard InChI is InChI=1S/C8H14O3/c1-8(10,6-3-4-6)5-7(9)11-2/h6,10H,3-5H2,1-2H3. The molecule has 0 aromatic carbocycles. The van der Waals surface area contributed by atoms with E-state index in [9.17, 15) is 9.90 Å². The Morgan fingerprint density at radius 3 is 2.64 bits per heavy atom. The fourth-order valence-corrected chi connectivity index (χ4v) is 1.21. The van der Waals surface area contributed by atoms with E-state index in [4.69, 9.17) is 0 Å². The molecule has 0 spiro atoms. The molecule has 1 aliphatic carbocycles. The van der Waals surface area contributed by atoms with E-state index in [0.29, 0.717) is 5.92 Å². The molecule has 1 atom stereocenters. The van der Waals surface area contributed by atoms with Gasteiger partial charge in [0.05, 0.1) is 19.1 Å². The van der Waals surface area contributed by atoms with Crippen LogP contribution in [0.2, 0.25) is 0 Å². The van der Waals surface area contributed by atoms with Gasteiger partial charge >= 0.3 is 5.97 Å². The number of hydrogen-bond acceptors (Lipinski definition) is 3. The van der Waals surface area contributed by atoms with Crippen molar-refractivity contribution in [2.75, 3.05) is 7.11 Å². The summed E-state index contributed by atoms with van der Waals surface area (Å²) in [4.78, 5) is 10.8. The average molecular weight is 158 g/mol. The van der Waals surface area contributed by atoms with Gasteiger partial charge in [0.1, 0.15) is 0 Å². The number of hydrogen-bond donors (Lipinski definition) is 1. The zero-order chi connectivity index (χ0) is 8.48. The lowest BCUT2D eigenvalue weighted by Gasteiger charge is -2.20. The summed E-state index contributed by atoms with van der Waals surface area (Å²) in [6, 6.07) is 0. The van der Waals surface area contributed by atoms with Crippen LogP contribution < -0.4 is 0 Å². The van der Waals surface area contributed by atoms with Crippen LogP contribution in [0.4, 0.5) is 0 Å². The van der Waals surface area contributed by atoms with E-state index in [1.54, 1.807) is 6.92 Å². The van der Waals surface area contributed by atoms with E-state index in [1.807, 2.05) is 0 Å². The molecule has 1 rings (SSSR count). The van der Waals surface area contributed by atoms with E-state index in [-0.39, 0.29) is 12.4 Å². The summed E-state index contributed by atoms with van der Waals surface area (Å²) >= 11 is 0. The molecule has 0 aromatic rings. The number of esters is 1. The van der Waals surface area contributed by atoms with E-state index in [2.05, 4.69) is 4.74 Å². The molecule has 0 amide bonds. The van der Waals surface area contributed by atoms with Gasteiger partial charge in [0, 0.05) is 0 Å². The van der Waals surface area contributed by atoms with Gasteiger partial charge in [-0.3, -0.25) is 4.79 Å². The monoisotopic (exact) mass is 158 g/mol. The number of methoxy groups -OCH3 is 1. The van der Waals surface area contributed by atoms with Gasteiger partial charge in [-0.15, -0.1) is 0 Å². The molecular weight excluding hydrogens is 144 g/mol. The second kappa shape index (κ2) is 2.81. The average Bonchev–Trinajstić information content (AvgIpc) is 2.66. The first-order chi connectivity index (χ1) is 5.06. The van der Waals surface area contributed by atoms with E-state index >= 15 is 0 Å². The number of ether oxygens (including phenoxy) is 1. The van der Waals surface area contributed by atoms with E-state index < -0.39 is 5.60 Å². The summed E-state index contributed by atoms with van der Waals surface area (Å²) in [5, 5.41) is 9.65. The Labute approximate surface area is 66.4 Å². The van der Waals surface area contributed by atoms with Crippen LogP contribution in [0.15, 0.2) is 0 Å². The molecule has 1 aliphatic rings. The smallest absolute Gasteiger partial charge is 0.308 e. The number of aliphatic hydroxyl groups is 1. The Morgan fingerprint density at radius 1 is 1.73 bits per heavy atom. The lowest BCUT2D eigenvalue weighted by Crippen LogP contribution is -2.30. The summed E-state index contributed by atoms with van der Waals surface area (Å²) in [5.41, 5.74) is -0.840. The Kier molecular flexibility index (Phi) is 2.18. The topological polar surface area (TPSA) is 46.5 Å². The molecule has 3 nitrogen and oxygen atoms in total. The van der Waals surface area contributed by atoms with Crippen LogP contribution in [0.1, 0.15) is 26.2 Å². The number of carbonyl (C=O) groups excluding carboxylic acids is 1. The Balaban J connectivity index is 2.38. The fourth-order valence-electron chi connectivity index (χ4n) is 1.21. The summed E-state index contributed by atoms with van der Waals surface area (Å²) in [6.07, 6.45) is 2.18. The zero-order valence-electron chi connectivity index (χ0n) is 6.96. The second-order valence-corrected chi connectivity index (χ2v) is 3.38. The Morgan fingerprint density at radius 2 is 2.27 bits per heavy atom. The van der Waals surface area contributed by atoms with Crippen LogP contribution in [0.5, 0.6) is 0 Å². The molecular formula is C8H14O3. The quantitative estimate of drug-likeness (QED) is 0.615. The second-order valence-electron chi connectivity index (χ2n) is 3.38. The molecule has 0 heterocycles. The summed E-state index contributed by atoms with van der Waals surface area (Å²) in [7, 11) is 1.34. The predicted molar refractivity (Wildman–Crippen MR) is 40.0 cm³/mol. The lowest BCUT2D eigenvalue weighted by atomic mass is 9.97. The van der Waals surface area contributed by atoms with Crippen LogP contribution in [-0.2, 0) is 9.53 Å². The molecule has 1 unspecified atom stereocenters. The van der Waals surface area contributed by atoms with Crippen molar-refractivity contribution in [3.63, 3.8) is 0 Å². The van der Waals surface area contributed by atoms with Crippen LogP contribution in [-0.4, -0.2) is 23.8 Å². The van der Waals surface area contributed by atoms with E-state index in [0.717, 1.165) is 12.8 Å². The first-order valence-corrected chi connectivity index (χ1v) is 3.85. The van der Waals surface area contributed by atoms with Crippen molar-refractivity contribution in [3.8, 4) is 0 Å². The molecule has 1 fully saturated rings. The van der Waals surface area contributed by atoms with Gasteiger partial charge in [-0.25, -0.2) is 0 Å². The molecule has 0 bridgehead atoms. The van der Waals surface area contributed by atoms with Crippen molar-refractivity contribution in [2.24, 2.45) is 5.92 Å². The summed E-state index contributed by atoms with van der Waals surface area (Å²) in [6.45, 7) is 1.70. The highest BCUT2D eigenvalue weighted by molar-refractivity contribution is 5.70. The highest BCUT2D eigenvalue weighted by Crippen LogP contribution is 2.41. The van der Waals surface area contributed by atoms with Crippen molar-refractivity contribution < 1.29 is 14.6 Å². The molecule has 0 saturated heterocycles. The predicted octanol–water partition coefficient (Wildman–Crippen LogP) is 0.710.